The lowest BCUT2D eigenvalue weighted by Crippen LogP contribution is -2.38. The van der Waals surface area contributed by atoms with E-state index in [-0.39, 0.29) is 0 Å². The summed E-state index contributed by atoms with van der Waals surface area (Å²) in [5, 5.41) is 20.6. The molecule has 0 bridgehead atoms. The van der Waals surface area contributed by atoms with Crippen LogP contribution in [0.2, 0.25) is 0 Å². The number of anilines is 2. The molecule has 12 rings (SSSR count). The summed E-state index contributed by atoms with van der Waals surface area (Å²) < 4.78 is 12.8. The molecule has 6 aromatic carbocycles. The van der Waals surface area contributed by atoms with E-state index in [2.05, 4.69) is 62.1 Å². The van der Waals surface area contributed by atoms with Crippen LogP contribution in [0.25, 0.3) is 55.7 Å². The second kappa shape index (κ2) is 18.1. The summed E-state index contributed by atoms with van der Waals surface area (Å²) in [6, 6.07) is 40.3. The molecule has 0 amide bonds. The summed E-state index contributed by atoms with van der Waals surface area (Å²) in [6.07, 6.45) is 11.1. The van der Waals surface area contributed by atoms with Crippen LogP contribution in [0.3, 0.4) is 0 Å². The standard InChI is InChI=1S/C27H23NO2.C15H9BrO2.C12H16BNO2/c29-17-18-5-6-21-16-26(30-25(21)13-18)20-9-7-19(8-10-20)24-14-22-3-1-11-28-12-2-4-23(15-24)27(22)28;16-13-5-3-11(4-6-13)15-8-12-2-1-10(9-17)7-14(12)18-15;15-13(16)11-7-9-3-1-5-14-6-2-4-10(8-11)12(9)14/h5-10,13-17H,1-4,11-12H2;1-9H;7-8,15-16H,1-6H2. The molecular weight excluding hydrogens is 863 g/mol. The van der Waals surface area contributed by atoms with Crippen molar-refractivity contribution in [3.8, 4) is 33.8 Å². The number of fused-ring (bicyclic) bond motifs is 2. The number of hydrogen-bond acceptors (Lipinski definition) is 8. The summed E-state index contributed by atoms with van der Waals surface area (Å²) in [5.41, 5.74) is 16.5. The first-order valence-corrected chi connectivity index (χ1v) is 23.1. The molecule has 2 N–H and O–H groups in total. The Balaban J connectivity index is 0.000000122. The highest BCUT2D eigenvalue weighted by Gasteiger charge is 2.27. The molecule has 320 valence electrons. The predicted molar refractivity (Wildman–Crippen MR) is 261 cm³/mol. The molecule has 0 radical (unpaired) electrons. The molecule has 2 aromatic heterocycles. The van der Waals surface area contributed by atoms with Gasteiger partial charge in [-0.3, -0.25) is 9.59 Å². The monoisotopic (exact) mass is 910 g/mol. The summed E-state index contributed by atoms with van der Waals surface area (Å²) in [4.78, 5) is 26.8. The molecule has 0 atom stereocenters. The van der Waals surface area contributed by atoms with Crippen molar-refractivity contribution in [2.45, 2.75) is 51.4 Å². The Hall–Kier alpha value is -6.20. The molecule has 0 saturated carbocycles. The summed E-state index contributed by atoms with van der Waals surface area (Å²) >= 11 is 3.40. The van der Waals surface area contributed by atoms with Gasteiger partial charge in [-0.25, -0.2) is 0 Å². The molecule has 64 heavy (non-hydrogen) atoms. The first kappa shape index (κ1) is 41.8. The van der Waals surface area contributed by atoms with E-state index in [1.165, 1.54) is 96.4 Å². The minimum atomic E-state index is -1.33. The van der Waals surface area contributed by atoms with Crippen LogP contribution in [0.15, 0.2) is 135 Å². The topological polar surface area (TPSA) is 107 Å². The van der Waals surface area contributed by atoms with E-state index in [0.29, 0.717) is 16.6 Å². The second-order valence-electron chi connectivity index (χ2n) is 17.2. The van der Waals surface area contributed by atoms with Gasteiger partial charge in [-0.2, -0.15) is 0 Å². The quantitative estimate of drug-likeness (QED) is 0.125. The van der Waals surface area contributed by atoms with Crippen molar-refractivity contribution >= 4 is 74.4 Å². The van der Waals surface area contributed by atoms with E-state index in [1.807, 2.05) is 66.7 Å². The molecule has 4 aliphatic heterocycles. The Bertz CT molecular complexity index is 2950. The van der Waals surface area contributed by atoms with E-state index in [0.717, 1.165) is 87.6 Å². The average molecular weight is 912 g/mol. The largest absolute Gasteiger partial charge is 0.488 e. The van der Waals surface area contributed by atoms with E-state index >= 15 is 0 Å². The van der Waals surface area contributed by atoms with Gasteiger partial charge in [0.05, 0.1) is 0 Å². The van der Waals surface area contributed by atoms with Crippen molar-refractivity contribution in [1.82, 2.24) is 0 Å². The molecule has 0 spiro atoms. The van der Waals surface area contributed by atoms with Gasteiger partial charge in [-0.1, -0.05) is 88.7 Å². The number of aryl methyl sites for hydroxylation is 4. The Labute approximate surface area is 381 Å². The van der Waals surface area contributed by atoms with Crippen molar-refractivity contribution < 1.29 is 28.5 Å². The molecular formula is C54H48BBrN2O6. The Morgan fingerprint density at radius 1 is 0.484 bits per heavy atom. The summed E-state index contributed by atoms with van der Waals surface area (Å²) in [6.45, 7) is 4.72. The van der Waals surface area contributed by atoms with E-state index in [9.17, 15) is 19.6 Å². The van der Waals surface area contributed by atoms with Gasteiger partial charge >= 0.3 is 7.12 Å². The van der Waals surface area contributed by atoms with Gasteiger partial charge in [-0.05, 0) is 139 Å². The van der Waals surface area contributed by atoms with Crippen LogP contribution >= 0.6 is 15.9 Å². The van der Waals surface area contributed by atoms with Crippen molar-refractivity contribution in [3.63, 3.8) is 0 Å². The molecule has 8 nitrogen and oxygen atoms in total. The molecule has 4 aliphatic rings. The minimum Gasteiger partial charge on any atom is -0.456 e. The fraction of sp³-hybridized carbons (Fsp3) is 0.222. The highest BCUT2D eigenvalue weighted by Crippen LogP contribution is 2.40. The number of carbonyl (C=O) groups is 2. The smallest absolute Gasteiger partial charge is 0.456 e. The SMILES string of the molecule is O=Cc1ccc2cc(-c3ccc(-c4cc5c6c(c4)CCCN6CCC5)cc3)oc2c1.O=Cc1ccc2cc(-c3ccc(Br)cc3)oc2c1.OB(O)c1cc2c3c(c1)CCCN3CCC2. The second-order valence-corrected chi connectivity index (χ2v) is 18.1. The van der Waals surface area contributed by atoms with Crippen LogP contribution in [-0.4, -0.2) is 55.9 Å². The Morgan fingerprint density at radius 2 is 0.891 bits per heavy atom. The van der Waals surface area contributed by atoms with E-state index < -0.39 is 7.12 Å². The van der Waals surface area contributed by atoms with Crippen LogP contribution in [0.5, 0.6) is 0 Å². The van der Waals surface area contributed by atoms with Crippen molar-refractivity contribution in [3.05, 3.63) is 159 Å². The van der Waals surface area contributed by atoms with Crippen LogP contribution < -0.4 is 15.3 Å². The van der Waals surface area contributed by atoms with Gasteiger partial charge < -0.3 is 28.7 Å². The zero-order valence-electron chi connectivity index (χ0n) is 35.6. The fourth-order valence-electron chi connectivity index (χ4n) is 9.92. The summed E-state index contributed by atoms with van der Waals surface area (Å²) in [5.74, 6) is 1.64. The summed E-state index contributed by atoms with van der Waals surface area (Å²) in [7, 11) is -1.33. The number of aldehydes is 2. The average Bonchev–Trinajstić information content (AvgIpc) is 3.97. The Kier molecular flexibility index (Phi) is 11.8. The zero-order valence-corrected chi connectivity index (χ0v) is 37.2. The number of halogens is 1. The molecule has 8 aromatic rings. The van der Waals surface area contributed by atoms with Crippen LogP contribution in [0.1, 0.15) is 68.7 Å². The maximum Gasteiger partial charge on any atom is 0.488 e. The van der Waals surface area contributed by atoms with Crippen molar-refractivity contribution in [2.24, 2.45) is 0 Å². The third-order valence-corrected chi connectivity index (χ3v) is 13.5. The van der Waals surface area contributed by atoms with Gasteiger partial charge in [-0.15, -0.1) is 0 Å². The first-order valence-electron chi connectivity index (χ1n) is 22.3. The van der Waals surface area contributed by atoms with Gasteiger partial charge in [0, 0.05) is 75.1 Å². The highest BCUT2D eigenvalue weighted by molar-refractivity contribution is 9.10. The molecule has 6 heterocycles. The lowest BCUT2D eigenvalue weighted by molar-refractivity contribution is 0.111. The van der Waals surface area contributed by atoms with Gasteiger partial charge in [0.1, 0.15) is 35.3 Å². The van der Waals surface area contributed by atoms with Gasteiger partial charge in [0.25, 0.3) is 0 Å². The lowest BCUT2D eigenvalue weighted by Gasteiger charge is -2.37. The van der Waals surface area contributed by atoms with Crippen LogP contribution in [0, 0.1) is 0 Å². The number of hydrogen-bond donors (Lipinski definition) is 2. The maximum atomic E-state index is 11.0. The number of carbonyl (C=O) groups excluding carboxylic acids is 2. The number of nitrogens with zero attached hydrogens (tertiary/aromatic N) is 2. The third kappa shape index (κ3) is 8.58. The third-order valence-electron chi connectivity index (χ3n) is 13.0. The number of rotatable bonds is 6. The lowest BCUT2D eigenvalue weighted by atomic mass is 9.76. The fourth-order valence-corrected chi connectivity index (χ4v) is 10.2. The van der Waals surface area contributed by atoms with Crippen LogP contribution in [-0.2, 0) is 25.7 Å². The molecule has 10 heteroatoms. The Morgan fingerprint density at radius 3 is 1.31 bits per heavy atom. The van der Waals surface area contributed by atoms with Crippen molar-refractivity contribution in [1.29, 1.82) is 0 Å². The molecule has 0 aliphatic carbocycles. The number of benzene rings is 6. The minimum absolute atomic E-state index is 0.624. The normalized spacial score (nSPS) is 14.7. The highest BCUT2D eigenvalue weighted by atomic mass is 79.9. The van der Waals surface area contributed by atoms with Gasteiger partial charge in [0.2, 0.25) is 0 Å². The molecule has 0 fully saturated rings. The first-order chi connectivity index (χ1) is 31.3. The molecule has 0 unspecified atom stereocenters. The predicted octanol–water partition coefficient (Wildman–Crippen LogP) is 11.0. The van der Waals surface area contributed by atoms with Crippen LogP contribution in [0.4, 0.5) is 11.4 Å². The molecule has 0 saturated heterocycles. The number of furan rings is 2. The van der Waals surface area contributed by atoms with Crippen molar-refractivity contribution in [2.75, 3.05) is 36.0 Å². The maximum absolute atomic E-state index is 11.0. The van der Waals surface area contributed by atoms with E-state index in [1.54, 1.807) is 18.2 Å². The van der Waals surface area contributed by atoms with Gasteiger partial charge in [0.15, 0.2) is 0 Å². The van der Waals surface area contributed by atoms with E-state index in [4.69, 9.17) is 8.83 Å². The zero-order chi connectivity index (χ0) is 43.7.